The first kappa shape index (κ1) is 28.3. The lowest BCUT2D eigenvalue weighted by Gasteiger charge is -2.16. The number of rotatable bonds is 16. The zero-order valence-corrected chi connectivity index (χ0v) is 21.8. The number of hydrogen-bond donors (Lipinski definition) is 1. The molecule has 0 amide bonds. The first-order chi connectivity index (χ1) is 16.4. The van der Waals surface area contributed by atoms with Crippen LogP contribution in [-0.4, -0.2) is 43.9 Å². The van der Waals surface area contributed by atoms with E-state index < -0.39 is 13.8 Å². The molecule has 34 heavy (non-hydrogen) atoms. The van der Waals surface area contributed by atoms with Gasteiger partial charge in [0.15, 0.2) is 0 Å². The van der Waals surface area contributed by atoms with Gasteiger partial charge in [-0.2, -0.15) is 0 Å². The Hall–Kier alpha value is -1.94. The van der Waals surface area contributed by atoms with Crippen LogP contribution in [0.1, 0.15) is 29.8 Å². The van der Waals surface area contributed by atoms with Crippen molar-refractivity contribution in [1.29, 1.82) is 0 Å². The SMILES string of the molecule is C=C(N)c1ccc(OC(=O)c2ccccc2OCCSSCCOP(=O)(OCC)OCC)cc1. The molecule has 0 saturated heterocycles. The molecule has 0 saturated carbocycles. The van der Waals surface area contributed by atoms with Crippen LogP contribution in [0.3, 0.4) is 0 Å². The number of phosphoric ester groups is 1. The summed E-state index contributed by atoms with van der Waals surface area (Å²) >= 11 is 0. The van der Waals surface area contributed by atoms with E-state index in [1.165, 1.54) is 0 Å². The highest BCUT2D eigenvalue weighted by molar-refractivity contribution is 8.76. The number of para-hydroxylation sites is 1. The molecular formula is C23H30NO7PS2. The molecular weight excluding hydrogens is 497 g/mol. The maximum Gasteiger partial charge on any atom is 0.474 e. The van der Waals surface area contributed by atoms with E-state index in [4.69, 9.17) is 28.8 Å². The Labute approximate surface area is 208 Å². The average molecular weight is 528 g/mol. The minimum Gasteiger partial charge on any atom is -0.492 e. The summed E-state index contributed by atoms with van der Waals surface area (Å²) in [7, 11) is -0.338. The van der Waals surface area contributed by atoms with E-state index >= 15 is 0 Å². The van der Waals surface area contributed by atoms with Gasteiger partial charge in [0.25, 0.3) is 0 Å². The highest BCUT2D eigenvalue weighted by atomic mass is 33.1. The number of phosphoric acid groups is 1. The van der Waals surface area contributed by atoms with Crippen molar-refractivity contribution in [1.82, 2.24) is 0 Å². The second-order valence-electron chi connectivity index (χ2n) is 6.54. The molecule has 0 unspecified atom stereocenters. The summed E-state index contributed by atoms with van der Waals surface area (Å²) in [5.41, 5.74) is 7.20. The van der Waals surface area contributed by atoms with Crippen molar-refractivity contribution in [2.24, 2.45) is 5.73 Å². The third-order valence-electron chi connectivity index (χ3n) is 4.04. The predicted molar refractivity (Wildman–Crippen MR) is 138 cm³/mol. The van der Waals surface area contributed by atoms with E-state index in [0.717, 1.165) is 5.56 Å². The predicted octanol–water partition coefficient (Wildman–Crippen LogP) is 5.79. The summed E-state index contributed by atoms with van der Waals surface area (Å²) in [6.45, 7) is 8.28. The van der Waals surface area contributed by atoms with Crippen molar-refractivity contribution in [2.45, 2.75) is 13.8 Å². The van der Waals surface area contributed by atoms with E-state index in [1.807, 2.05) is 0 Å². The minimum absolute atomic E-state index is 0.241. The molecule has 0 atom stereocenters. The standard InChI is InChI=1S/C23H30NO7PS2/c1-4-28-32(26,29-5-2)30-15-17-34-33-16-14-27-22-9-7-6-8-21(22)23(25)31-20-12-10-19(11-13-20)18(3)24/h6-13H,3-5,14-17,24H2,1-2H3. The topological polar surface area (TPSA) is 106 Å². The Morgan fingerprint density at radius 1 is 0.941 bits per heavy atom. The van der Waals surface area contributed by atoms with Gasteiger partial charge >= 0.3 is 13.8 Å². The summed E-state index contributed by atoms with van der Waals surface area (Å²) in [5.74, 6) is 1.61. The normalized spacial score (nSPS) is 11.2. The summed E-state index contributed by atoms with van der Waals surface area (Å²) in [4.78, 5) is 12.6. The molecule has 11 heteroatoms. The van der Waals surface area contributed by atoms with Gasteiger partial charge in [0.1, 0.15) is 17.1 Å². The maximum atomic E-state index is 12.6. The molecule has 0 aliphatic heterocycles. The molecule has 0 spiro atoms. The number of hydrogen-bond acceptors (Lipinski definition) is 10. The van der Waals surface area contributed by atoms with E-state index in [-0.39, 0.29) is 19.8 Å². The highest BCUT2D eigenvalue weighted by Gasteiger charge is 2.24. The molecule has 2 aromatic carbocycles. The molecule has 2 aromatic rings. The molecule has 0 fully saturated rings. The van der Waals surface area contributed by atoms with Gasteiger partial charge in [0.05, 0.1) is 26.4 Å². The van der Waals surface area contributed by atoms with Crippen molar-refractivity contribution < 1.29 is 32.4 Å². The van der Waals surface area contributed by atoms with E-state index in [1.54, 1.807) is 84.0 Å². The van der Waals surface area contributed by atoms with Gasteiger partial charge in [-0.25, -0.2) is 9.36 Å². The largest absolute Gasteiger partial charge is 0.492 e. The summed E-state index contributed by atoms with van der Waals surface area (Å²) in [5, 5.41) is 0. The third-order valence-corrected chi connectivity index (χ3v) is 8.02. The maximum absolute atomic E-state index is 12.6. The number of esters is 1. The van der Waals surface area contributed by atoms with Crippen molar-refractivity contribution in [2.75, 3.05) is 37.9 Å². The first-order valence-electron chi connectivity index (χ1n) is 10.7. The lowest BCUT2D eigenvalue weighted by molar-refractivity contribution is 0.0730. The quantitative estimate of drug-likeness (QED) is 0.0947. The van der Waals surface area contributed by atoms with Crippen LogP contribution >= 0.6 is 29.4 Å². The van der Waals surface area contributed by atoms with Crippen LogP contribution in [0.25, 0.3) is 5.70 Å². The molecule has 0 aliphatic rings. The highest BCUT2D eigenvalue weighted by Crippen LogP contribution is 2.49. The van der Waals surface area contributed by atoms with Gasteiger partial charge in [-0.1, -0.05) is 40.3 Å². The monoisotopic (exact) mass is 527 g/mol. The minimum atomic E-state index is -3.47. The molecule has 186 valence electrons. The number of benzene rings is 2. The van der Waals surface area contributed by atoms with E-state index in [0.29, 0.717) is 40.9 Å². The van der Waals surface area contributed by atoms with Crippen LogP contribution in [0.4, 0.5) is 0 Å². The fourth-order valence-corrected chi connectivity index (χ4v) is 5.52. The lowest BCUT2D eigenvalue weighted by atomic mass is 10.2. The Morgan fingerprint density at radius 3 is 2.18 bits per heavy atom. The van der Waals surface area contributed by atoms with Crippen molar-refractivity contribution in [3.8, 4) is 11.5 Å². The van der Waals surface area contributed by atoms with Gasteiger partial charge in [-0.3, -0.25) is 13.6 Å². The van der Waals surface area contributed by atoms with Crippen LogP contribution in [0.15, 0.2) is 55.1 Å². The second-order valence-corrected chi connectivity index (χ2v) is 10.9. The van der Waals surface area contributed by atoms with Crippen LogP contribution in [-0.2, 0) is 18.1 Å². The van der Waals surface area contributed by atoms with Crippen LogP contribution in [0.5, 0.6) is 11.5 Å². The summed E-state index contributed by atoms with van der Waals surface area (Å²) in [6, 6.07) is 13.7. The Kier molecular flexibility index (Phi) is 12.6. The number of ether oxygens (including phenoxy) is 2. The fraction of sp³-hybridized carbons (Fsp3) is 0.348. The van der Waals surface area contributed by atoms with Crippen molar-refractivity contribution in [3.63, 3.8) is 0 Å². The molecule has 0 aliphatic carbocycles. The van der Waals surface area contributed by atoms with E-state index in [9.17, 15) is 9.36 Å². The molecule has 0 heterocycles. The van der Waals surface area contributed by atoms with Gasteiger partial charge in [-0.05, 0) is 55.8 Å². The third kappa shape index (κ3) is 9.74. The number of nitrogens with two attached hydrogens (primary N) is 1. The summed E-state index contributed by atoms with van der Waals surface area (Å²) in [6.07, 6.45) is 0. The molecule has 0 bridgehead atoms. The van der Waals surface area contributed by atoms with Gasteiger partial charge in [0.2, 0.25) is 0 Å². The molecule has 2 N–H and O–H groups in total. The molecule has 0 aromatic heterocycles. The zero-order chi connectivity index (χ0) is 24.8. The van der Waals surface area contributed by atoms with Gasteiger partial charge in [0, 0.05) is 17.2 Å². The molecule has 8 nitrogen and oxygen atoms in total. The van der Waals surface area contributed by atoms with Crippen LogP contribution in [0, 0.1) is 0 Å². The Balaban J connectivity index is 1.74. The van der Waals surface area contributed by atoms with Crippen molar-refractivity contribution >= 4 is 41.1 Å². The number of carbonyl (C=O) groups excluding carboxylic acids is 1. The van der Waals surface area contributed by atoms with Gasteiger partial charge < -0.3 is 15.2 Å². The number of carbonyl (C=O) groups is 1. The summed E-state index contributed by atoms with van der Waals surface area (Å²) < 4.78 is 38.9. The Morgan fingerprint density at radius 2 is 1.56 bits per heavy atom. The van der Waals surface area contributed by atoms with Crippen LogP contribution in [0.2, 0.25) is 0 Å². The first-order valence-corrected chi connectivity index (χ1v) is 14.6. The zero-order valence-electron chi connectivity index (χ0n) is 19.3. The smallest absolute Gasteiger partial charge is 0.474 e. The van der Waals surface area contributed by atoms with Crippen LogP contribution < -0.4 is 15.2 Å². The fourth-order valence-electron chi connectivity index (χ4n) is 2.57. The molecule has 0 radical (unpaired) electrons. The lowest BCUT2D eigenvalue weighted by Crippen LogP contribution is -2.12. The Bertz CT molecular complexity index is 962. The molecule has 2 rings (SSSR count). The average Bonchev–Trinajstić information content (AvgIpc) is 2.81. The second kappa shape index (κ2) is 15.1. The van der Waals surface area contributed by atoms with Crippen molar-refractivity contribution in [3.05, 3.63) is 66.2 Å². The van der Waals surface area contributed by atoms with E-state index in [2.05, 4.69) is 6.58 Å². The van der Waals surface area contributed by atoms with Gasteiger partial charge in [-0.15, -0.1) is 0 Å².